The topological polar surface area (TPSA) is 96.0 Å². The van der Waals surface area contributed by atoms with Gasteiger partial charge in [-0.15, -0.1) is 0 Å². The molecule has 0 bridgehead atoms. The molecule has 8 nitrogen and oxygen atoms in total. The lowest BCUT2D eigenvalue weighted by Gasteiger charge is -2.34. The average Bonchev–Trinajstić information content (AvgIpc) is 3.03. The normalized spacial score (nSPS) is 12.0. The number of hydrogen-bond donors (Lipinski definition) is 1. The Morgan fingerprint density at radius 3 is 2.11 bits per heavy atom. The number of sulfonamides is 1. The van der Waals surface area contributed by atoms with Crippen LogP contribution in [0.25, 0.3) is 0 Å². The summed E-state index contributed by atoms with van der Waals surface area (Å²) in [6, 6.07) is 28.3. The van der Waals surface area contributed by atoms with Crippen molar-refractivity contribution in [3.05, 3.63) is 125 Å². The molecule has 0 saturated carbocycles. The van der Waals surface area contributed by atoms with E-state index in [2.05, 4.69) is 5.32 Å². The average molecular weight is 662 g/mol. The van der Waals surface area contributed by atoms with E-state index in [4.69, 9.17) is 16.3 Å². The lowest BCUT2D eigenvalue weighted by molar-refractivity contribution is -0.140. The Labute approximate surface area is 277 Å². The molecule has 242 valence electrons. The SMILES string of the molecule is CCOc1ccc(N(CC(=O)N(Cc2ccccc2C)C(Cc2ccccc2)C(=O)NC(C)C)S(=O)(=O)c2ccc(Cl)cc2)cc1. The first-order chi connectivity index (χ1) is 22.0. The number of carbonyl (C=O) groups is 2. The van der Waals surface area contributed by atoms with Gasteiger partial charge >= 0.3 is 0 Å². The summed E-state index contributed by atoms with van der Waals surface area (Å²) in [4.78, 5) is 29.8. The Bertz CT molecular complexity index is 1710. The number of aryl methyl sites for hydroxylation is 1. The second-order valence-electron chi connectivity index (χ2n) is 11.2. The summed E-state index contributed by atoms with van der Waals surface area (Å²) in [5.41, 5.74) is 2.93. The number of ether oxygens (including phenoxy) is 1. The Balaban J connectivity index is 1.81. The first-order valence-corrected chi connectivity index (χ1v) is 17.0. The molecule has 2 amide bonds. The summed E-state index contributed by atoms with van der Waals surface area (Å²) >= 11 is 6.07. The van der Waals surface area contributed by atoms with Crippen molar-refractivity contribution in [2.24, 2.45) is 0 Å². The predicted molar refractivity (Wildman–Crippen MR) is 183 cm³/mol. The van der Waals surface area contributed by atoms with Crippen molar-refractivity contribution in [3.8, 4) is 5.75 Å². The number of rotatable bonds is 14. The van der Waals surface area contributed by atoms with Crippen LogP contribution in [0.15, 0.2) is 108 Å². The van der Waals surface area contributed by atoms with E-state index in [0.29, 0.717) is 17.4 Å². The second-order valence-corrected chi connectivity index (χ2v) is 13.5. The molecule has 1 N–H and O–H groups in total. The highest BCUT2D eigenvalue weighted by Crippen LogP contribution is 2.28. The molecule has 0 heterocycles. The number of nitrogens with zero attached hydrogens (tertiary/aromatic N) is 2. The number of benzene rings is 4. The molecule has 0 radical (unpaired) electrons. The number of carbonyl (C=O) groups excluding carboxylic acids is 2. The van der Waals surface area contributed by atoms with Gasteiger partial charge in [-0.05, 0) is 92.9 Å². The van der Waals surface area contributed by atoms with Crippen LogP contribution in [0.4, 0.5) is 5.69 Å². The largest absolute Gasteiger partial charge is 0.494 e. The van der Waals surface area contributed by atoms with E-state index < -0.39 is 28.5 Å². The molecule has 0 aliphatic heterocycles. The minimum Gasteiger partial charge on any atom is -0.494 e. The van der Waals surface area contributed by atoms with Crippen LogP contribution in [-0.4, -0.2) is 50.4 Å². The minimum absolute atomic E-state index is 0.0255. The van der Waals surface area contributed by atoms with Crippen LogP contribution in [0.5, 0.6) is 5.75 Å². The third-order valence-corrected chi connectivity index (χ3v) is 9.46. The maximum atomic E-state index is 14.6. The van der Waals surface area contributed by atoms with Crippen LogP contribution < -0.4 is 14.4 Å². The molecule has 46 heavy (non-hydrogen) atoms. The zero-order chi connectivity index (χ0) is 33.3. The highest BCUT2D eigenvalue weighted by atomic mass is 35.5. The Kier molecular flexibility index (Phi) is 11.8. The van der Waals surface area contributed by atoms with Crippen molar-refractivity contribution in [3.63, 3.8) is 0 Å². The molecule has 4 aromatic carbocycles. The van der Waals surface area contributed by atoms with E-state index in [0.717, 1.165) is 21.0 Å². The Morgan fingerprint density at radius 1 is 0.870 bits per heavy atom. The van der Waals surface area contributed by atoms with Gasteiger partial charge in [0.05, 0.1) is 17.2 Å². The highest BCUT2D eigenvalue weighted by molar-refractivity contribution is 7.92. The van der Waals surface area contributed by atoms with E-state index in [1.807, 2.05) is 82.3 Å². The van der Waals surface area contributed by atoms with Gasteiger partial charge in [-0.1, -0.05) is 66.2 Å². The fourth-order valence-corrected chi connectivity index (χ4v) is 6.58. The van der Waals surface area contributed by atoms with Crippen LogP contribution in [0.2, 0.25) is 5.02 Å². The summed E-state index contributed by atoms with van der Waals surface area (Å²) < 4.78 is 35.0. The molecule has 4 aromatic rings. The van der Waals surface area contributed by atoms with E-state index >= 15 is 0 Å². The quantitative estimate of drug-likeness (QED) is 0.169. The van der Waals surface area contributed by atoms with Gasteiger partial charge < -0.3 is 15.0 Å². The van der Waals surface area contributed by atoms with Gasteiger partial charge in [0.15, 0.2) is 0 Å². The molecule has 0 fully saturated rings. The fourth-order valence-electron chi connectivity index (χ4n) is 5.04. The standard InChI is InChI=1S/C36H40ClN3O5S/c1-5-45-32-19-17-31(18-20-32)40(46(43,44)33-21-15-30(37)16-22-33)25-35(41)39(24-29-14-10-9-11-27(29)4)34(36(42)38-26(2)3)23-28-12-7-6-8-13-28/h6-22,26,34H,5,23-25H2,1-4H3,(H,38,42). The van der Waals surface area contributed by atoms with Crippen LogP contribution in [0, 0.1) is 6.92 Å². The summed E-state index contributed by atoms with van der Waals surface area (Å²) in [5, 5.41) is 3.35. The van der Waals surface area contributed by atoms with Gasteiger partial charge in [0.25, 0.3) is 10.0 Å². The molecule has 0 saturated heterocycles. The third-order valence-electron chi connectivity index (χ3n) is 7.42. The van der Waals surface area contributed by atoms with E-state index in [-0.39, 0.29) is 35.5 Å². The third kappa shape index (κ3) is 8.89. The van der Waals surface area contributed by atoms with Crippen LogP contribution in [0.1, 0.15) is 37.5 Å². The molecular weight excluding hydrogens is 622 g/mol. The summed E-state index contributed by atoms with van der Waals surface area (Å²) in [7, 11) is -4.24. The molecular formula is C36H40ClN3O5S. The summed E-state index contributed by atoms with van der Waals surface area (Å²) in [6.45, 7) is 7.51. The molecule has 0 aromatic heterocycles. The maximum absolute atomic E-state index is 14.6. The van der Waals surface area contributed by atoms with E-state index in [1.54, 1.807) is 24.3 Å². The monoisotopic (exact) mass is 661 g/mol. The molecule has 0 aliphatic rings. The smallest absolute Gasteiger partial charge is 0.264 e. The van der Waals surface area contributed by atoms with Crippen LogP contribution in [-0.2, 0) is 32.6 Å². The van der Waals surface area contributed by atoms with Gasteiger partial charge in [0.1, 0.15) is 18.3 Å². The Morgan fingerprint density at radius 2 is 1.50 bits per heavy atom. The first-order valence-electron chi connectivity index (χ1n) is 15.2. The molecule has 10 heteroatoms. The van der Waals surface area contributed by atoms with Crippen molar-refractivity contribution >= 4 is 39.1 Å². The number of amides is 2. The number of anilines is 1. The molecule has 0 aliphatic carbocycles. The van der Waals surface area contributed by atoms with Crippen LogP contribution >= 0.6 is 11.6 Å². The zero-order valence-corrected chi connectivity index (χ0v) is 28.1. The number of nitrogens with one attached hydrogen (secondary N) is 1. The predicted octanol–water partition coefficient (Wildman–Crippen LogP) is 6.41. The number of halogens is 1. The molecule has 1 unspecified atom stereocenters. The van der Waals surface area contributed by atoms with Crippen LogP contribution in [0.3, 0.4) is 0 Å². The second kappa shape index (κ2) is 15.8. The number of hydrogen-bond acceptors (Lipinski definition) is 5. The summed E-state index contributed by atoms with van der Waals surface area (Å²) in [5.74, 6) is -0.292. The molecule has 0 spiro atoms. The van der Waals surface area contributed by atoms with Gasteiger partial charge in [-0.2, -0.15) is 0 Å². The first kappa shape index (κ1) is 34.5. The Hall–Kier alpha value is -4.34. The highest BCUT2D eigenvalue weighted by Gasteiger charge is 2.35. The van der Waals surface area contributed by atoms with E-state index in [1.165, 1.54) is 29.2 Å². The molecule has 4 rings (SSSR count). The fraction of sp³-hybridized carbons (Fsp3) is 0.278. The van der Waals surface area contributed by atoms with Crippen molar-refractivity contribution in [2.75, 3.05) is 17.5 Å². The van der Waals surface area contributed by atoms with E-state index in [9.17, 15) is 18.0 Å². The van der Waals surface area contributed by atoms with Crippen molar-refractivity contribution < 1.29 is 22.7 Å². The van der Waals surface area contributed by atoms with Crippen molar-refractivity contribution in [1.29, 1.82) is 0 Å². The van der Waals surface area contributed by atoms with Crippen molar-refractivity contribution in [1.82, 2.24) is 10.2 Å². The maximum Gasteiger partial charge on any atom is 0.264 e. The summed E-state index contributed by atoms with van der Waals surface area (Å²) in [6.07, 6.45) is 0.240. The lowest BCUT2D eigenvalue weighted by atomic mass is 10.0. The minimum atomic E-state index is -4.24. The lowest BCUT2D eigenvalue weighted by Crippen LogP contribution is -2.54. The van der Waals surface area contributed by atoms with Gasteiger partial charge in [0.2, 0.25) is 11.8 Å². The molecule has 1 atom stereocenters. The van der Waals surface area contributed by atoms with Crippen molar-refractivity contribution in [2.45, 2.75) is 57.6 Å². The zero-order valence-electron chi connectivity index (χ0n) is 26.5. The van der Waals surface area contributed by atoms with Gasteiger partial charge in [0, 0.05) is 24.0 Å². The van der Waals surface area contributed by atoms with Gasteiger partial charge in [-0.3, -0.25) is 13.9 Å². The van der Waals surface area contributed by atoms with Gasteiger partial charge in [-0.25, -0.2) is 8.42 Å².